The Bertz CT molecular complexity index is 1000. The molecule has 2 aliphatic rings. The first-order chi connectivity index (χ1) is 12.3. The van der Waals surface area contributed by atoms with Gasteiger partial charge in [0.05, 0.1) is 17.5 Å². The second kappa shape index (κ2) is 5.91. The van der Waals surface area contributed by atoms with E-state index in [0.29, 0.717) is 34.9 Å². The van der Waals surface area contributed by atoms with Gasteiger partial charge in [-0.3, -0.25) is 4.31 Å². The summed E-state index contributed by atoms with van der Waals surface area (Å²) in [7, 11) is -3.36. The number of carbonyl (C=O) groups is 1. The SMILES string of the molecule is C[C@@H]1Cc2cc(C(=O)Oc3ccc4c(c3)OCO4)ccc2N1S(C)(=O)=O. The van der Waals surface area contributed by atoms with Crippen LogP contribution in [0.25, 0.3) is 0 Å². The van der Waals surface area contributed by atoms with Crippen LogP contribution in [0.5, 0.6) is 17.2 Å². The first-order valence-electron chi connectivity index (χ1n) is 8.07. The number of ether oxygens (including phenoxy) is 3. The van der Waals surface area contributed by atoms with E-state index in [4.69, 9.17) is 14.2 Å². The number of carbonyl (C=O) groups excluding carboxylic acids is 1. The number of anilines is 1. The minimum absolute atomic E-state index is 0.145. The minimum Gasteiger partial charge on any atom is -0.454 e. The van der Waals surface area contributed by atoms with Crippen LogP contribution in [0.15, 0.2) is 36.4 Å². The average Bonchev–Trinajstić information content (AvgIpc) is 3.15. The van der Waals surface area contributed by atoms with Gasteiger partial charge in [-0.15, -0.1) is 0 Å². The third kappa shape index (κ3) is 2.86. The first kappa shape index (κ1) is 16.7. The fraction of sp³-hybridized carbons (Fsp3) is 0.278. The van der Waals surface area contributed by atoms with E-state index >= 15 is 0 Å². The molecule has 1 atom stereocenters. The van der Waals surface area contributed by atoms with Crippen LogP contribution in [0.1, 0.15) is 22.8 Å². The van der Waals surface area contributed by atoms with Crippen LogP contribution in [0.3, 0.4) is 0 Å². The molecule has 0 bridgehead atoms. The van der Waals surface area contributed by atoms with Crippen molar-refractivity contribution >= 4 is 21.7 Å². The number of nitrogens with zero attached hydrogens (tertiary/aromatic N) is 1. The van der Waals surface area contributed by atoms with Crippen LogP contribution in [0.2, 0.25) is 0 Å². The smallest absolute Gasteiger partial charge is 0.343 e. The van der Waals surface area contributed by atoms with Gasteiger partial charge in [0.25, 0.3) is 0 Å². The van der Waals surface area contributed by atoms with Gasteiger partial charge in [0.15, 0.2) is 11.5 Å². The summed E-state index contributed by atoms with van der Waals surface area (Å²) in [6.07, 6.45) is 1.73. The van der Waals surface area contributed by atoms with Crippen molar-refractivity contribution in [1.29, 1.82) is 0 Å². The second-order valence-corrected chi connectivity index (χ2v) is 8.22. The molecule has 0 spiro atoms. The zero-order chi connectivity index (χ0) is 18.5. The van der Waals surface area contributed by atoms with Crippen LogP contribution in [-0.4, -0.2) is 33.5 Å². The number of hydrogen-bond donors (Lipinski definition) is 0. The summed E-state index contributed by atoms with van der Waals surface area (Å²) < 4.78 is 41.2. The maximum atomic E-state index is 12.4. The van der Waals surface area contributed by atoms with Gasteiger partial charge >= 0.3 is 5.97 Å². The van der Waals surface area contributed by atoms with E-state index in [2.05, 4.69) is 0 Å². The molecule has 0 unspecified atom stereocenters. The molecule has 0 fully saturated rings. The summed E-state index contributed by atoms with van der Waals surface area (Å²) in [5.41, 5.74) is 1.78. The molecule has 136 valence electrons. The van der Waals surface area contributed by atoms with Crippen molar-refractivity contribution in [1.82, 2.24) is 0 Å². The Morgan fingerprint density at radius 1 is 1.15 bits per heavy atom. The molecule has 2 aliphatic heterocycles. The van der Waals surface area contributed by atoms with Crippen LogP contribution in [-0.2, 0) is 16.4 Å². The monoisotopic (exact) mass is 375 g/mol. The Balaban J connectivity index is 1.58. The lowest BCUT2D eigenvalue weighted by Gasteiger charge is -2.21. The summed E-state index contributed by atoms with van der Waals surface area (Å²) in [4.78, 5) is 12.4. The predicted molar refractivity (Wildman–Crippen MR) is 94.5 cm³/mol. The largest absolute Gasteiger partial charge is 0.454 e. The van der Waals surface area contributed by atoms with E-state index in [9.17, 15) is 13.2 Å². The molecular weight excluding hydrogens is 358 g/mol. The number of sulfonamides is 1. The van der Waals surface area contributed by atoms with Crippen molar-refractivity contribution in [3.05, 3.63) is 47.5 Å². The molecule has 0 aromatic heterocycles. The molecule has 26 heavy (non-hydrogen) atoms. The van der Waals surface area contributed by atoms with Gasteiger partial charge in [-0.25, -0.2) is 13.2 Å². The highest BCUT2D eigenvalue weighted by Crippen LogP contribution is 2.36. The number of rotatable bonds is 3. The highest BCUT2D eigenvalue weighted by Gasteiger charge is 2.33. The van der Waals surface area contributed by atoms with E-state index in [1.807, 2.05) is 6.92 Å². The maximum absolute atomic E-state index is 12.4. The number of hydrogen-bond acceptors (Lipinski definition) is 6. The molecule has 8 heteroatoms. The maximum Gasteiger partial charge on any atom is 0.343 e. The molecule has 0 saturated heterocycles. The topological polar surface area (TPSA) is 82.1 Å². The van der Waals surface area contributed by atoms with Gasteiger partial charge in [0.2, 0.25) is 16.8 Å². The van der Waals surface area contributed by atoms with E-state index in [-0.39, 0.29) is 12.8 Å². The fourth-order valence-corrected chi connectivity index (χ4v) is 4.61. The van der Waals surface area contributed by atoms with Crippen molar-refractivity contribution in [2.75, 3.05) is 17.4 Å². The summed E-state index contributed by atoms with van der Waals surface area (Å²) in [6, 6.07) is 9.64. The standard InChI is InChI=1S/C18H17NO6S/c1-11-7-13-8-12(3-5-15(13)19(11)26(2,21)22)18(20)25-14-4-6-16-17(9-14)24-10-23-16/h3-6,8-9,11H,7,10H2,1-2H3/t11-/m1/s1. The van der Waals surface area contributed by atoms with Crippen molar-refractivity contribution in [3.8, 4) is 17.2 Å². The Kier molecular flexibility index (Phi) is 3.80. The lowest BCUT2D eigenvalue weighted by molar-refractivity contribution is 0.0734. The Morgan fingerprint density at radius 2 is 1.92 bits per heavy atom. The second-order valence-electron chi connectivity index (χ2n) is 6.36. The fourth-order valence-electron chi connectivity index (χ4n) is 3.34. The summed E-state index contributed by atoms with van der Waals surface area (Å²) >= 11 is 0. The Labute approximate surface area is 151 Å². The molecule has 0 N–H and O–H groups in total. The van der Waals surface area contributed by atoms with Crippen LogP contribution >= 0.6 is 0 Å². The predicted octanol–water partition coefficient (Wildman–Crippen LogP) is 2.35. The molecule has 4 rings (SSSR count). The van der Waals surface area contributed by atoms with Gasteiger partial charge in [-0.05, 0) is 49.2 Å². The Hall–Kier alpha value is -2.74. The molecule has 7 nitrogen and oxygen atoms in total. The summed E-state index contributed by atoms with van der Waals surface area (Å²) in [5, 5.41) is 0. The molecule has 0 radical (unpaired) electrons. The minimum atomic E-state index is -3.36. The average molecular weight is 375 g/mol. The van der Waals surface area contributed by atoms with Crippen molar-refractivity contribution in [2.45, 2.75) is 19.4 Å². The van der Waals surface area contributed by atoms with Crippen LogP contribution in [0, 0.1) is 0 Å². The van der Waals surface area contributed by atoms with Gasteiger partial charge < -0.3 is 14.2 Å². The zero-order valence-corrected chi connectivity index (χ0v) is 15.1. The van der Waals surface area contributed by atoms with Crippen molar-refractivity contribution in [3.63, 3.8) is 0 Å². The molecule has 0 amide bonds. The lowest BCUT2D eigenvalue weighted by Crippen LogP contribution is -2.34. The van der Waals surface area contributed by atoms with Gasteiger partial charge in [0, 0.05) is 12.1 Å². The van der Waals surface area contributed by atoms with E-state index in [1.165, 1.54) is 10.6 Å². The molecule has 0 saturated carbocycles. The number of fused-ring (bicyclic) bond motifs is 2. The van der Waals surface area contributed by atoms with Gasteiger partial charge in [-0.1, -0.05) is 0 Å². The lowest BCUT2D eigenvalue weighted by atomic mass is 10.1. The van der Waals surface area contributed by atoms with E-state index in [0.717, 1.165) is 5.56 Å². The summed E-state index contributed by atoms with van der Waals surface area (Å²) in [6.45, 7) is 1.98. The molecule has 2 aromatic rings. The highest BCUT2D eigenvalue weighted by atomic mass is 32.2. The van der Waals surface area contributed by atoms with Crippen molar-refractivity contribution < 1.29 is 27.4 Å². The molecule has 0 aliphatic carbocycles. The quantitative estimate of drug-likeness (QED) is 0.605. The first-order valence-corrected chi connectivity index (χ1v) is 9.92. The van der Waals surface area contributed by atoms with E-state index in [1.54, 1.807) is 36.4 Å². The van der Waals surface area contributed by atoms with Crippen LogP contribution < -0.4 is 18.5 Å². The molecule has 2 aromatic carbocycles. The third-order valence-corrected chi connectivity index (χ3v) is 5.65. The van der Waals surface area contributed by atoms with Gasteiger partial charge in [-0.2, -0.15) is 0 Å². The number of esters is 1. The van der Waals surface area contributed by atoms with Gasteiger partial charge in [0.1, 0.15) is 5.75 Å². The Morgan fingerprint density at radius 3 is 2.69 bits per heavy atom. The van der Waals surface area contributed by atoms with E-state index < -0.39 is 16.0 Å². The number of benzene rings is 2. The third-order valence-electron chi connectivity index (χ3n) is 4.38. The normalized spacial score (nSPS) is 17.9. The summed E-state index contributed by atoms with van der Waals surface area (Å²) in [5.74, 6) is 0.974. The van der Waals surface area contributed by atoms with Crippen LogP contribution in [0.4, 0.5) is 5.69 Å². The molecule has 2 heterocycles. The zero-order valence-electron chi connectivity index (χ0n) is 14.3. The van der Waals surface area contributed by atoms with Crippen molar-refractivity contribution in [2.24, 2.45) is 0 Å². The highest BCUT2D eigenvalue weighted by molar-refractivity contribution is 7.92. The molecular formula is C18H17NO6S.